The van der Waals surface area contributed by atoms with Crippen LogP contribution in [-0.4, -0.2) is 49.1 Å². The van der Waals surface area contributed by atoms with Crippen LogP contribution < -0.4 is 4.72 Å². The Labute approximate surface area is 112 Å². The van der Waals surface area contributed by atoms with Gasteiger partial charge in [-0.25, -0.2) is 21.6 Å². The third-order valence-corrected chi connectivity index (χ3v) is 4.14. The van der Waals surface area contributed by atoms with Gasteiger partial charge in [-0.1, -0.05) is 0 Å². The molecule has 20 heavy (non-hydrogen) atoms. The van der Waals surface area contributed by atoms with Crippen LogP contribution in [0.4, 0.5) is 13.2 Å². The van der Waals surface area contributed by atoms with Gasteiger partial charge in [-0.2, -0.15) is 4.72 Å². The van der Waals surface area contributed by atoms with Gasteiger partial charge in [-0.15, -0.1) is 0 Å². The molecule has 0 heterocycles. The van der Waals surface area contributed by atoms with E-state index in [2.05, 4.69) is 0 Å². The van der Waals surface area contributed by atoms with Gasteiger partial charge in [0.05, 0.1) is 19.8 Å². The third kappa shape index (κ3) is 3.10. The van der Waals surface area contributed by atoms with E-state index in [0.29, 0.717) is 12.1 Å². The maximum Gasteiger partial charge on any atom is 0.244 e. The summed E-state index contributed by atoms with van der Waals surface area (Å²) in [7, 11) is -4.74. The molecule has 0 amide bonds. The Kier molecular flexibility index (Phi) is 5.10. The van der Waals surface area contributed by atoms with Gasteiger partial charge in [0.1, 0.15) is 10.4 Å². The summed E-state index contributed by atoms with van der Waals surface area (Å²) in [5.41, 5.74) is -2.06. The number of aliphatic hydroxyl groups excluding tert-OH is 3. The highest BCUT2D eigenvalue weighted by atomic mass is 32.2. The van der Waals surface area contributed by atoms with Crippen LogP contribution in [0.3, 0.4) is 0 Å². The molecule has 1 aromatic carbocycles. The molecular formula is C10H12F3NO5S. The Morgan fingerprint density at radius 3 is 1.95 bits per heavy atom. The maximum atomic E-state index is 13.4. The van der Waals surface area contributed by atoms with Crippen LogP contribution in [-0.2, 0) is 10.0 Å². The molecule has 0 aliphatic heterocycles. The molecule has 0 aliphatic carbocycles. The number of aliphatic hydroxyl groups is 3. The lowest BCUT2D eigenvalue weighted by Gasteiger charge is -2.28. The molecule has 1 aromatic rings. The van der Waals surface area contributed by atoms with Gasteiger partial charge in [-0.05, 0) is 12.1 Å². The number of nitrogens with one attached hydrogen (secondary N) is 1. The van der Waals surface area contributed by atoms with Crippen molar-refractivity contribution < 1.29 is 36.9 Å². The van der Waals surface area contributed by atoms with E-state index in [0.717, 1.165) is 0 Å². The molecular weight excluding hydrogens is 303 g/mol. The average Bonchev–Trinajstić information content (AvgIpc) is 2.42. The highest BCUT2D eigenvalue weighted by molar-refractivity contribution is 7.89. The lowest BCUT2D eigenvalue weighted by molar-refractivity contribution is 0.0581. The topological polar surface area (TPSA) is 107 Å². The van der Waals surface area contributed by atoms with Crippen molar-refractivity contribution >= 4 is 10.0 Å². The number of rotatable bonds is 6. The van der Waals surface area contributed by atoms with E-state index in [1.165, 1.54) is 0 Å². The second kappa shape index (κ2) is 6.06. The van der Waals surface area contributed by atoms with E-state index in [9.17, 15) is 21.6 Å². The lowest BCUT2D eigenvalue weighted by Crippen LogP contribution is -2.56. The first-order chi connectivity index (χ1) is 9.23. The molecule has 114 valence electrons. The van der Waals surface area contributed by atoms with Crippen LogP contribution in [0.1, 0.15) is 0 Å². The van der Waals surface area contributed by atoms with Gasteiger partial charge < -0.3 is 15.3 Å². The van der Waals surface area contributed by atoms with E-state index in [1.54, 1.807) is 4.72 Å². The molecule has 0 radical (unpaired) electrons. The van der Waals surface area contributed by atoms with Crippen LogP contribution >= 0.6 is 0 Å². The van der Waals surface area contributed by atoms with E-state index in [1.807, 2.05) is 0 Å². The summed E-state index contributed by atoms with van der Waals surface area (Å²) in [6, 6.07) is 0.887. The summed E-state index contributed by atoms with van der Waals surface area (Å²) in [5, 5.41) is 26.9. The number of sulfonamides is 1. The molecule has 0 saturated heterocycles. The standard InChI is InChI=1S/C10H12F3NO5S/c11-6-1-2-7(9(13)8(6)12)20(18,19)14-10(3-15,4-16)5-17/h1-2,14-17H,3-5H2. The molecule has 0 aromatic heterocycles. The first kappa shape index (κ1) is 16.9. The number of hydrogen-bond acceptors (Lipinski definition) is 5. The Morgan fingerprint density at radius 1 is 1.00 bits per heavy atom. The van der Waals surface area contributed by atoms with Gasteiger partial charge in [0, 0.05) is 0 Å². The fourth-order valence-electron chi connectivity index (χ4n) is 1.30. The minimum Gasteiger partial charge on any atom is -0.394 e. The maximum absolute atomic E-state index is 13.4. The fourth-order valence-corrected chi connectivity index (χ4v) is 2.75. The monoisotopic (exact) mass is 315 g/mol. The Bertz CT molecular complexity index is 581. The summed E-state index contributed by atoms with van der Waals surface area (Å²) in [6.07, 6.45) is 0. The van der Waals surface area contributed by atoms with Crippen molar-refractivity contribution in [3.05, 3.63) is 29.6 Å². The summed E-state index contributed by atoms with van der Waals surface area (Å²) in [5.74, 6) is -5.49. The van der Waals surface area contributed by atoms with Crippen LogP contribution in [0.15, 0.2) is 17.0 Å². The summed E-state index contributed by atoms with van der Waals surface area (Å²) in [4.78, 5) is -1.21. The zero-order valence-corrected chi connectivity index (χ0v) is 10.8. The van der Waals surface area contributed by atoms with Crippen LogP contribution in [0.5, 0.6) is 0 Å². The molecule has 0 fully saturated rings. The number of benzene rings is 1. The smallest absolute Gasteiger partial charge is 0.244 e. The quantitative estimate of drug-likeness (QED) is 0.509. The van der Waals surface area contributed by atoms with E-state index in [4.69, 9.17) is 15.3 Å². The molecule has 0 atom stereocenters. The largest absolute Gasteiger partial charge is 0.394 e. The summed E-state index contributed by atoms with van der Waals surface area (Å²) < 4.78 is 64.5. The Morgan fingerprint density at radius 2 is 1.50 bits per heavy atom. The van der Waals surface area contributed by atoms with Gasteiger partial charge in [-0.3, -0.25) is 0 Å². The van der Waals surface area contributed by atoms with Crippen molar-refractivity contribution in [1.82, 2.24) is 4.72 Å². The Hall–Kier alpha value is -1.20. The predicted octanol–water partition coefficient (Wildman–Crippen LogP) is -0.902. The van der Waals surface area contributed by atoms with Crippen molar-refractivity contribution in [2.24, 2.45) is 0 Å². The molecule has 0 unspecified atom stereocenters. The minimum atomic E-state index is -4.74. The molecule has 1 rings (SSSR count). The highest BCUT2D eigenvalue weighted by Gasteiger charge is 2.35. The molecule has 10 heteroatoms. The minimum absolute atomic E-state index is 0.408. The second-order valence-corrected chi connectivity index (χ2v) is 5.68. The molecule has 0 saturated carbocycles. The van der Waals surface area contributed by atoms with Crippen molar-refractivity contribution in [2.75, 3.05) is 19.8 Å². The third-order valence-electron chi connectivity index (χ3n) is 2.55. The van der Waals surface area contributed by atoms with Gasteiger partial charge >= 0.3 is 0 Å². The Balaban J connectivity index is 3.28. The van der Waals surface area contributed by atoms with Crippen molar-refractivity contribution in [1.29, 1.82) is 0 Å². The normalized spacial score (nSPS) is 12.7. The van der Waals surface area contributed by atoms with Crippen molar-refractivity contribution in [2.45, 2.75) is 10.4 Å². The first-order valence-corrected chi connectivity index (χ1v) is 6.71. The van der Waals surface area contributed by atoms with Crippen LogP contribution in [0, 0.1) is 17.5 Å². The lowest BCUT2D eigenvalue weighted by atomic mass is 10.1. The molecule has 0 aliphatic rings. The van der Waals surface area contributed by atoms with Crippen LogP contribution in [0.2, 0.25) is 0 Å². The van der Waals surface area contributed by atoms with Crippen molar-refractivity contribution in [3.63, 3.8) is 0 Å². The summed E-state index contributed by atoms with van der Waals surface area (Å²) in [6.45, 7) is -2.99. The zero-order chi connectivity index (χ0) is 15.6. The second-order valence-electron chi connectivity index (χ2n) is 4.03. The predicted molar refractivity (Wildman–Crippen MR) is 60.6 cm³/mol. The molecule has 4 N–H and O–H groups in total. The summed E-state index contributed by atoms with van der Waals surface area (Å²) >= 11 is 0. The van der Waals surface area contributed by atoms with E-state index >= 15 is 0 Å². The van der Waals surface area contributed by atoms with E-state index < -0.39 is 57.7 Å². The van der Waals surface area contributed by atoms with Gasteiger partial charge in [0.25, 0.3) is 0 Å². The van der Waals surface area contributed by atoms with Crippen molar-refractivity contribution in [3.8, 4) is 0 Å². The van der Waals surface area contributed by atoms with Gasteiger partial charge in [0.2, 0.25) is 10.0 Å². The first-order valence-electron chi connectivity index (χ1n) is 5.23. The molecule has 6 nitrogen and oxygen atoms in total. The van der Waals surface area contributed by atoms with Crippen LogP contribution in [0.25, 0.3) is 0 Å². The fraction of sp³-hybridized carbons (Fsp3) is 0.400. The van der Waals surface area contributed by atoms with Gasteiger partial charge in [0.15, 0.2) is 17.5 Å². The molecule has 0 bridgehead atoms. The SMILES string of the molecule is O=S(=O)(NC(CO)(CO)CO)c1ccc(F)c(F)c1F. The van der Waals surface area contributed by atoms with E-state index in [-0.39, 0.29) is 0 Å². The average molecular weight is 315 g/mol. The molecule has 0 spiro atoms. The zero-order valence-electron chi connectivity index (χ0n) is 9.98. The number of hydrogen-bond donors (Lipinski definition) is 4. The number of halogens is 3. The highest BCUT2D eigenvalue weighted by Crippen LogP contribution is 2.21.